The number of aliphatic hydroxyl groups excluding tert-OH is 1. The zero-order chi connectivity index (χ0) is 17.6. The van der Waals surface area contributed by atoms with Gasteiger partial charge in [0.25, 0.3) is 5.69 Å². The molecule has 0 bridgehead atoms. The van der Waals surface area contributed by atoms with Gasteiger partial charge in [0.2, 0.25) is 0 Å². The molecule has 0 spiro atoms. The number of non-ortho nitro benzene ring substituents is 1. The predicted octanol–water partition coefficient (Wildman–Crippen LogP) is 3.52. The third kappa shape index (κ3) is 4.15. The van der Waals surface area contributed by atoms with Gasteiger partial charge in [-0.3, -0.25) is 10.1 Å². The number of aliphatic hydroxyl groups is 1. The molecule has 6 heteroatoms. The number of ether oxygens (including phenoxy) is 1. The summed E-state index contributed by atoms with van der Waals surface area (Å²) in [5.41, 5.74) is 2.20. The van der Waals surface area contributed by atoms with Crippen LogP contribution in [-0.2, 0) is 4.74 Å². The molecule has 2 aromatic rings. The van der Waals surface area contributed by atoms with Gasteiger partial charge in [0.05, 0.1) is 11.0 Å². The fourth-order valence-electron chi connectivity index (χ4n) is 3.47. The Hall–Kier alpha value is -2.44. The Kier molecular flexibility index (Phi) is 5.63. The monoisotopic (exact) mass is 342 g/mol. The number of nitro benzene ring substituents is 1. The molecule has 1 N–H and O–H groups in total. The van der Waals surface area contributed by atoms with Crippen molar-refractivity contribution in [2.24, 2.45) is 5.92 Å². The van der Waals surface area contributed by atoms with E-state index in [1.54, 1.807) is 24.3 Å². The molecule has 6 nitrogen and oxygen atoms in total. The molecule has 1 aliphatic heterocycles. The molecule has 25 heavy (non-hydrogen) atoms. The summed E-state index contributed by atoms with van der Waals surface area (Å²) in [5, 5.41) is 20.0. The van der Waals surface area contributed by atoms with E-state index >= 15 is 0 Å². The first-order valence-electron chi connectivity index (χ1n) is 8.46. The van der Waals surface area contributed by atoms with E-state index in [1.807, 2.05) is 30.3 Å². The smallest absolute Gasteiger partial charge is 0.269 e. The normalized spacial score (nSPS) is 16.6. The molecule has 132 valence electrons. The first-order valence-corrected chi connectivity index (χ1v) is 8.46. The van der Waals surface area contributed by atoms with Crippen molar-refractivity contribution in [3.8, 4) is 0 Å². The summed E-state index contributed by atoms with van der Waals surface area (Å²) in [6, 6.07) is 16.7. The molecule has 1 saturated heterocycles. The van der Waals surface area contributed by atoms with Crippen LogP contribution < -0.4 is 4.90 Å². The van der Waals surface area contributed by atoms with Gasteiger partial charge in [0.15, 0.2) is 0 Å². The van der Waals surface area contributed by atoms with Gasteiger partial charge >= 0.3 is 0 Å². The van der Waals surface area contributed by atoms with Crippen LogP contribution in [0, 0.1) is 16.0 Å². The van der Waals surface area contributed by atoms with Crippen LogP contribution in [0.4, 0.5) is 11.4 Å². The van der Waals surface area contributed by atoms with Crippen LogP contribution in [0.5, 0.6) is 0 Å². The van der Waals surface area contributed by atoms with E-state index in [9.17, 15) is 15.2 Å². The van der Waals surface area contributed by atoms with Crippen LogP contribution in [0.25, 0.3) is 0 Å². The van der Waals surface area contributed by atoms with E-state index in [1.165, 1.54) is 0 Å². The van der Waals surface area contributed by atoms with E-state index in [0.29, 0.717) is 5.92 Å². The maximum Gasteiger partial charge on any atom is 0.269 e. The van der Waals surface area contributed by atoms with Gasteiger partial charge in [-0.2, -0.15) is 0 Å². The molecular formula is C19H22N2O4. The van der Waals surface area contributed by atoms with Crippen molar-refractivity contribution in [1.82, 2.24) is 0 Å². The Morgan fingerprint density at radius 3 is 2.32 bits per heavy atom. The summed E-state index contributed by atoms with van der Waals surface area (Å²) in [5.74, 6) is 0.337. The van der Waals surface area contributed by atoms with Crippen molar-refractivity contribution in [1.29, 1.82) is 0 Å². The van der Waals surface area contributed by atoms with E-state index in [4.69, 9.17) is 4.74 Å². The van der Waals surface area contributed by atoms with Gasteiger partial charge in [-0.1, -0.05) is 30.3 Å². The fourth-order valence-corrected chi connectivity index (χ4v) is 3.47. The number of benzene rings is 2. The molecule has 0 aromatic heterocycles. The van der Waals surface area contributed by atoms with Crippen LogP contribution in [0.15, 0.2) is 54.6 Å². The summed E-state index contributed by atoms with van der Waals surface area (Å²) in [7, 11) is 0. The van der Waals surface area contributed by atoms with Crippen LogP contribution in [0.2, 0.25) is 0 Å². The topological polar surface area (TPSA) is 75.8 Å². The van der Waals surface area contributed by atoms with Gasteiger partial charge in [0, 0.05) is 30.9 Å². The van der Waals surface area contributed by atoms with E-state index < -0.39 is 0 Å². The third-order valence-corrected chi connectivity index (χ3v) is 4.78. The fraction of sp³-hybridized carbons (Fsp3) is 0.368. The van der Waals surface area contributed by atoms with E-state index in [-0.39, 0.29) is 23.5 Å². The number of rotatable bonds is 6. The highest BCUT2D eigenvalue weighted by Gasteiger charge is 2.28. The zero-order valence-electron chi connectivity index (χ0n) is 14.0. The second-order valence-electron chi connectivity index (χ2n) is 6.23. The SMILES string of the molecule is O=[N+]([O-])c1ccc(N2CCC(C(OCO)c3ccccc3)CC2)cc1. The molecule has 0 radical (unpaired) electrons. The molecule has 1 aliphatic rings. The molecular weight excluding hydrogens is 320 g/mol. The second kappa shape index (κ2) is 8.09. The predicted molar refractivity (Wildman–Crippen MR) is 95.4 cm³/mol. The number of hydrogen-bond donors (Lipinski definition) is 1. The van der Waals surface area contributed by atoms with Crippen molar-refractivity contribution in [3.63, 3.8) is 0 Å². The van der Waals surface area contributed by atoms with Crippen molar-refractivity contribution in [3.05, 3.63) is 70.3 Å². The van der Waals surface area contributed by atoms with Gasteiger partial charge in [-0.25, -0.2) is 0 Å². The van der Waals surface area contributed by atoms with Crippen LogP contribution in [0.3, 0.4) is 0 Å². The van der Waals surface area contributed by atoms with E-state index in [2.05, 4.69) is 4.90 Å². The quantitative estimate of drug-likeness (QED) is 0.494. The first kappa shape index (κ1) is 17.4. The van der Waals surface area contributed by atoms with Crippen molar-refractivity contribution < 1.29 is 14.8 Å². The van der Waals surface area contributed by atoms with Gasteiger partial charge in [0.1, 0.15) is 6.79 Å². The Labute approximate surface area is 146 Å². The lowest BCUT2D eigenvalue weighted by atomic mass is 9.87. The maximum atomic E-state index is 10.8. The van der Waals surface area contributed by atoms with Crippen molar-refractivity contribution >= 4 is 11.4 Å². The minimum Gasteiger partial charge on any atom is -0.372 e. The molecule has 1 fully saturated rings. The number of nitro groups is 1. The molecule has 0 aliphatic carbocycles. The summed E-state index contributed by atoms with van der Waals surface area (Å²) < 4.78 is 5.61. The highest BCUT2D eigenvalue weighted by atomic mass is 16.6. The lowest BCUT2D eigenvalue weighted by Crippen LogP contribution is -2.36. The first-order chi connectivity index (χ1) is 12.2. The molecule has 2 aromatic carbocycles. The minimum absolute atomic E-state index is 0.106. The van der Waals surface area contributed by atoms with Crippen molar-refractivity contribution in [2.75, 3.05) is 24.8 Å². The van der Waals surface area contributed by atoms with Gasteiger partial charge < -0.3 is 14.7 Å². The zero-order valence-corrected chi connectivity index (χ0v) is 14.0. The number of anilines is 1. The summed E-state index contributed by atoms with van der Waals surface area (Å²) >= 11 is 0. The summed E-state index contributed by atoms with van der Waals surface area (Å²) in [6.07, 6.45) is 1.78. The molecule has 3 rings (SSSR count). The third-order valence-electron chi connectivity index (χ3n) is 4.78. The number of piperidine rings is 1. The van der Waals surface area contributed by atoms with E-state index in [0.717, 1.165) is 37.2 Å². The number of hydrogen-bond acceptors (Lipinski definition) is 5. The molecule has 0 amide bonds. The second-order valence-corrected chi connectivity index (χ2v) is 6.23. The van der Waals surface area contributed by atoms with Gasteiger partial charge in [-0.15, -0.1) is 0 Å². The molecule has 1 heterocycles. The van der Waals surface area contributed by atoms with Crippen LogP contribution in [-0.4, -0.2) is 29.9 Å². The Balaban J connectivity index is 1.64. The largest absolute Gasteiger partial charge is 0.372 e. The Bertz CT molecular complexity index is 682. The lowest BCUT2D eigenvalue weighted by Gasteiger charge is -2.37. The van der Waals surface area contributed by atoms with Gasteiger partial charge in [-0.05, 0) is 36.5 Å². The molecule has 0 saturated carbocycles. The minimum atomic E-state index is -0.382. The summed E-state index contributed by atoms with van der Waals surface area (Å²) in [4.78, 5) is 12.6. The lowest BCUT2D eigenvalue weighted by molar-refractivity contribution is -0.384. The summed E-state index contributed by atoms with van der Waals surface area (Å²) in [6.45, 7) is 1.43. The average molecular weight is 342 g/mol. The number of nitrogens with zero attached hydrogens (tertiary/aromatic N) is 2. The standard InChI is InChI=1S/C19H22N2O4/c22-14-25-19(15-4-2-1-3-5-15)16-10-12-20(13-11-16)17-6-8-18(9-7-17)21(23)24/h1-9,16,19,22H,10-14H2. The Morgan fingerprint density at radius 1 is 1.12 bits per heavy atom. The highest BCUT2D eigenvalue weighted by molar-refractivity contribution is 5.51. The average Bonchev–Trinajstić information content (AvgIpc) is 2.67. The van der Waals surface area contributed by atoms with Crippen molar-refractivity contribution in [2.45, 2.75) is 18.9 Å². The molecule has 1 atom stereocenters. The maximum absolute atomic E-state index is 10.8. The highest BCUT2D eigenvalue weighted by Crippen LogP contribution is 2.35. The van der Waals surface area contributed by atoms with Crippen LogP contribution in [0.1, 0.15) is 24.5 Å². The molecule has 1 unspecified atom stereocenters. The Morgan fingerprint density at radius 2 is 1.76 bits per heavy atom. The van der Waals surface area contributed by atoms with Crippen LogP contribution >= 0.6 is 0 Å².